The smallest absolute Gasteiger partial charge is 0.191 e. The highest BCUT2D eigenvalue weighted by Crippen LogP contribution is 2.04. The summed E-state index contributed by atoms with van der Waals surface area (Å²) in [4.78, 5) is 4.61. The first kappa shape index (κ1) is 24.1. The third kappa shape index (κ3) is 13.1. The first-order valence-electron chi connectivity index (χ1n) is 8.99. The lowest BCUT2D eigenvalue weighted by atomic mass is 10.1. The molecule has 0 amide bonds. The van der Waals surface area contributed by atoms with Crippen LogP contribution in [0, 0.1) is 6.92 Å². The summed E-state index contributed by atoms with van der Waals surface area (Å²) in [5.41, 5.74) is 2.47. The number of unbranched alkanes of at least 4 members (excludes halogenated alkanes) is 1. The van der Waals surface area contributed by atoms with Gasteiger partial charge >= 0.3 is 0 Å². The molecule has 0 aliphatic carbocycles. The molecule has 0 aromatic heterocycles. The number of rotatable bonds is 12. The first-order valence-corrected chi connectivity index (χ1v) is 8.99. The summed E-state index contributed by atoms with van der Waals surface area (Å²) in [6.45, 7) is 11.3. The molecule has 1 rings (SSSR count). The van der Waals surface area contributed by atoms with Crippen LogP contribution < -0.4 is 10.6 Å². The highest BCUT2D eigenvalue weighted by atomic mass is 127. The Morgan fingerprint density at radius 3 is 2.48 bits per heavy atom. The largest absolute Gasteiger partial charge is 0.379 e. The van der Waals surface area contributed by atoms with E-state index in [9.17, 15) is 0 Å². The zero-order valence-electron chi connectivity index (χ0n) is 15.8. The Kier molecular flexibility index (Phi) is 16.0. The summed E-state index contributed by atoms with van der Waals surface area (Å²) in [7, 11) is 0. The maximum Gasteiger partial charge on any atom is 0.191 e. The van der Waals surface area contributed by atoms with Crippen LogP contribution in [-0.4, -0.2) is 45.5 Å². The van der Waals surface area contributed by atoms with Gasteiger partial charge in [0.05, 0.1) is 26.4 Å². The van der Waals surface area contributed by atoms with Crippen molar-refractivity contribution in [1.82, 2.24) is 10.6 Å². The van der Waals surface area contributed by atoms with Crippen LogP contribution in [0.15, 0.2) is 29.3 Å². The maximum absolute atomic E-state index is 5.55. The SMILES string of the molecule is CCCCOCCOCCNC(=NCc1cccc(C)c1)NCC.I. The molecule has 0 bridgehead atoms. The molecule has 5 nitrogen and oxygen atoms in total. The number of ether oxygens (including phenoxy) is 2. The molecule has 0 unspecified atom stereocenters. The van der Waals surface area contributed by atoms with E-state index in [4.69, 9.17) is 9.47 Å². The molecular formula is C19H34IN3O2. The average Bonchev–Trinajstić information content (AvgIpc) is 2.58. The third-order valence-electron chi connectivity index (χ3n) is 3.40. The Labute approximate surface area is 170 Å². The Balaban J connectivity index is 0.00000576. The number of guanidine groups is 1. The topological polar surface area (TPSA) is 54.9 Å². The number of nitrogens with zero attached hydrogens (tertiary/aromatic N) is 1. The van der Waals surface area contributed by atoms with Crippen LogP contribution in [0.3, 0.4) is 0 Å². The zero-order valence-corrected chi connectivity index (χ0v) is 18.2. The van der Waals surface area contributed by atoms with E-state index in [1.165, 1.54) is 17.5 Å². The van der Waals surface area contributed by atoms with Crippen LogP contribution in [0.25, 0.3) is 0 Å². The van der Waals surface area contributed by atoms with Gasteiger partial charge in [-0.15, -0.1) is 24.0 Å². The summed E-state index contributed by atoms with van der Waals surface area (Å²) in [5, 5.41) is 6.54. The van der Waals surface area contributed by atoms with Gasteiger partial charge < -0.3 is 20.1 Å². The van der Waals surface area contributed by atoms with Crippen molar-refractivity contribution in [1.29, 1.82) is 0 Å². The van der Waals surface area contributed by atoms with Crippen LogP contribution in [0.1, 0.15) is 37.8 Å². The monoisotopic (exact) mass is 463 g/mol. The quantitative estimate of drug-likeness (QED) is 0.216. The standard InChI is InChI=1S/C19H33N3O2.HI/c1-4-6-11-23-13-14-24-12-10-21-19(20-5-2)22-16-18-9-7-8-17(3)15-18;/h7-9,15H,4-6,10-14,16H2,1-3H3,(H2,20,21,22);1H. The van der Waals surface area contributed by atoms with Crippen molar-refractivity contribution < 1.29 is 9.47 Å². The van der Waals surface area contributed by atoms with E-state index in [0.717, 1.165) is 32.1 Å². The number of halogens is 1. The van der Waals surface area contributed by atoms with Gasteiger partial charge in [-0.25, -0.2) is 4.99 Å². The number of hydrogen-bond donors (Lipinski definition) is 2. The Morgan fingerprint density at radius 1 is 1.04 bits per heavy atom. The summed E-state index contributed by atoms with van der Waals surface area (Å²) >= 11 is 0. The third-order valence-corrected chi connectivity index (χ3v) is 3.40. The van der Waals surface area contributed by atoms with Gasteiger partial charge in [-0.3, -0.25) is 0 Å². The van der Waals surface area contributed by atoms with Gasteiger partial charge in [0.15, 0.2) is 5.96 Å². The van der Waals surface area contributed by atoms with E-state index < -0.39 is 0 Å². The minimum atomic E-state index is 0. The van der Waals surface area contributed by atoms with Crippen LogP contribution in [0.5, 0.6) is 0 Å². The van der Waals surface area contributed by atoms with Crippen molar-refractivity contribution in [3.63, 3.8) is 0 Å². The number of nitrogens with one attached hydrogen (secondary N) is 2. The zero-order chi connectivity index (χ0) is 17.5. The van der Waals surface area contributed by atoms with E-state index in [0.29, 0.717) is 26.4 Å². The second kappa shape index (κ2) is 16.6. The van der Waals surface area contributed by atoms with Crippen molar-refractivity contribution in [3.8, 4) is 0 Å². The van der Waals surface area contributed by atoms with Crippen LogP contribution in [0.2, 0.25) is 0 Å². The van der Waals surface area contributed by atoms with Crippen molar-refractivity contribution in [2.45, 2.75) is 40.2 Å². The minimum Gasteiger partial charge on any atom is -0.379 e. The Morgan fingerprint density at radius 2 is 1.80 bits per heavy atom. The fraction of sp³-hybridized carbons (Fsp3) is 0.632. The van der Waals surface area contributed by atoms with E-state index in [-0.39, 0.29) is 24.0 Å². The van der Waals surface area contributed by atoms with Crippen molar-refractivity contribution in [3.05, 3.63) is 35.4 Å². The number of aliphatic imine (C=N–C) groups is 1. The van der Waals surface area contributed by atoms with E-state index in [1.807, 2.05) is 0 Å². The maximum atomic E-state index is 5.55. The van der Waals surface area contributed by atoms with Crippen LogP contribution >= 0.6 is 24.0 Å². The Bertz CT molecular complexity index is 470. The molecule has 0 fully saturated rings. The van der Waals surface area contributed by atoms with Crippen LogP contribution in [-0.2, 0) is 16.0 Å². The molecule has 0 aliphatic rings. The van der Waals surface area contributed by atoms with Gasteiger partial charge in [-0.1, -0.05) is 43.2 Å². The van der Waals surface area contributed by atoms with E-state index in [1.54, 1.807) is 0 Å². The summed E-state index contributed by atoms with van der Waals surface area (Å²) < 4.78 is 11.0. The van der Waals surface area contributed by atoms with E-state index in [2.05, 4.69) is 60.7 Å². The normalized spacial score (nSPS) is 11.1. The van der Waals surface area contributed by atoms with Crippen molar-refractivity contribution in [2.24, 2.45) is 4.99 Å². The second-order valence-corrected chi connectivity index (χ2v) is 5.69. The molecule has 1 aromatic rings. The molecule has 0 saturated carbocycles. The molecule has 1 aromatic carbocycles. The minimum absolute atomic E-state index is 0. The second-order valence-electron chi connectivity index (χ2n) is 5.69. The molecule has 0 heterocycles. The van der Waals surface area contributed by atoms with Crippen molar-refractivity contribution >= 4 is 29.9 Å². The molecule has 6 heteroatoms. The molecule has 25 heavy (non-hydrogen) atoms. The summed E-state index contributed by atoms with van der Waals surface area (Å²) in [5.74, 6) is 0.821. The van der Waals surface area contributed by atoms with Gasteiger partial charge in [-0.05, 0) is 25.8 Å². The molecule has 0 atom stereocenters. The molecular weight excluding hydrogens is 429 g/mol. The van der Waals surface area contributed by atoms with Gasteiger partial charge in [-0.2, -0.15) is 0 Å². The predicted molar refractivity (Wildman–Crippen MR) is 116 cm³/mol. The molecule has 144 valence electrons. The van der Waals surface area contributed by atoms with Gasteiger partial charge in [0.25, 0.3) is 0 Å². The summed E-state index contributed by atoms with van der Waals surface area (Å²) in [6, 6.07) is 8.42. The number of hydrogen-bond acceptors (Lipinski definition) is 3. The molecule has 0 saturated heterocycles. The molecule has 2 N–H and O–H groups in total. The summed E-state index contributed by atoms with van der Waals surface area (Å²) in [6.07, 6.45) is 2.28. The highest BCUT2D eigenvalue weighted by Gasteiger charge is 1.98. The molecule has 0 radical (unpaired) electrons. The van der Waals surface area contributed by atoms with Gasteiger partial charge in [0, 0.05) is 19.7 Å². The lowest BCUT2D eigenvalue weighted by Gasteiger charge is -2.12. The highest BCUT2D eigenvalue weighted by molar-refractivity contribution is 14.0. The lowest BCUT2D eigenvalue weighted by molar-refractivity contribution is 0.0487. The predicted octanol–water partition coefficient (Wildman–Crippen LogP) is 3.50. The molecule has 0 aliphatic heterocycles. The van der Waals surface area contributed by atoms with Crippen molar-refractivity contribution in [2.75, 3.05) is 39.5 Å². The number of benzene rings is 1. The number of aryl methyl sites for hydroxylation is 1. The van der Waals surface area contributed by atoms with Gasteiger partial charge in [0.2, 0.25) is 0 Å². The lowest BCUT2D eigenvalue weighted by Crippen LogP contribution is -2.39. The van der Waals surface area contributed by atoms with E-state index >= 15 is 0 Å². The first-order chi connectivity index (χ1) is 11.8. The Hall–Kier alpha value is -0.860. The fourth-order valence-electron chi connectivity index (χ4n) is 2.13. The van der Waals surface area contributed by atoms with Gasteiger partial charge in [0.1, 0.15) is 0 Å². The molecule has 0 spiro atoms. The average molecular weight is 463 g/mol. The van der Waals surface area contributed by atoms with Crippen LogP contribution in [0.4, 0.5) is 0 Å². The fourth-order valence-corrected chi connectivity index (χ4v) is 2.13.